The largest absolute Gasteiger partial charge is 0.379 e. The van der Waals surface area contributed by atoms with Crippen LogP contribution in [0, 0.1) is 5.92 Å². The third-order valence-electron chi connectivity index (χ3n) is 6.99. The summed E-state index contributed by atoms with van der Waals surface area (Å²) >= 11 is 0. The normalized spacial score (nSPS) is 20.7. The van der Waals surface area contributed by atoms with E-state index in [0.29, 0.717) is 18.0 Å². The van der Waals surface area contributed by atoms with E-state index in [1.807, 2.05) is 7.05 Å². The first-order chi connectivity index (χ1) is 15.2. The van der Waals surface area contributed by atoms with Crippen LogP contribution in [0.15, 0.2) is 35.3 Å². The standard InChI is InChI=1S/C25H43N5O/c1-4-22(5-2)24(30-15-17-31-18-16-30)19-27-25(26-3)28-23-11-13-29(14-12-23)20-21-9-7-6-8-10-21/h6-10,22-24H,4-5,11-20H2,1-3H3,(H2,26,27,28). The number of nitrogens with one attached hydrogen (secondary N) is 2. The lowest BCUT2D eigenvalue weighted by Crippen LogP contribution is -2.55. The molecule has 2 N–H and O–H groups in total. The maximum absolute atomic E-state index is 5.59. The van der Waals surface area contributed by atoms with E-state index in [0.717, 1.165) is 71.3 Å². The molecule has 2 aliphatic rings. The smallest absolute Gasteiger partial charge is 0.191 e. The molecule has 31 heavy (non-hydrogen) atoms. The Morgan fingerprint density at radius 2 is 1.74 bits per heavy atom. The van der Waals surface area contributed by atoms with Gasteiger partial charge in [0, 0.05) is 58.4 Å². The molecule has 3 rings (SSSR count). The van der Waals surface area contributed by atoms with Crippen molar-refractivity contribution < 1.29 is 4.74 Å². The molecular weight excluding hydrogens is 386 g/mol. The van der Waals surface area contributed by atoms with Gasteiger partial charge in [0.15, 0.2) is 5.96 Å². The van der Waals surface area contributed by atoms with E-state index >= 15 is 0 Å². The molecule has 2 heterocycles. The van der Waals surface area contributed by atoms with Gasteiger partial charge in [-0.05, 0) is 24.3 Å². The number of piperidine rings is 1. The van der Waals surface area contributed by atoms with Gasteiger partial charge in [0.25, 0.3) is 0 Å². The molecule has 2 saturated heterocycles. The Kier molecular flexibility index (Phi) is 10.1. The summed E-state index contributed by atoms with van der Waals surface area (Å²) < 4.78 is 5.59. The number of hydrogen-bond acceptors (Lipinski definition) is 4. The van der Waals surface area contributed by atoms with Crippen molar-refractivity contribution in [1.29, 1.82) is 0 Å². The number of aliphatic imine (C=N–C) groups is 1. The number of rotatable bonds is 9. The zero-order valence-electron chi connectivity index (χ0n) is 19.9. The van der Waals surface area contributed by atoms with E-state index < -0.39 is 0 Å². The third-order valence-corrected chi connectivity index (χ3v) is 6.99. The van der Waals surface area contributed by atoms with E-state index in [-0.39, 0.29) is 0 Å². The predicted molar refractivity (Wildman–Crippen MR) is 129 cm³/mol. The number of guanidine groups is 1. The minimum atomic E-state index is 0.494. The lowest BCUT2D eigenvalue weighted by atomic mass is 9.92. The van der Waals surface area contributed by atoms with Crippen LogP contribution >= 0.6 is 0 Å². The Morgan fingerprint density at radius 1 is 1.06 bits per heavy atom. The van der Waals surface area contributed by atoms with Crippen molar-refractivity contribution in [3.63, 3.8) is 0 Å². The van der Waals surface area contributed by atoms with E-state index in [9.17, 15) is 0 Å². The molecule has 1 aromatic rings. The Hall–Kier alpha value is -1.63. The second-order valence-electron chi connectivity index (χ2n) is 8.93. The van der Waals surface area contributed by atoms with Crippen molar-refractivity contribution >= 4 is 5.96 Å². The molecule has 2 aliphatic heterocycles. The van der Waals surface area contributed by atoms with Gasteiger partial charge >= 0.3 is 0 Å². The maximum Gasteiger partial charge on any atom is 0.191 e. The Labute approximate surface area is 189 Å². The SMILES string of the molecule is CCC(CC)C(CNC(=NC)NC1CCN(Cc2ccccc2)CC1)N1CCOCC1. The monoisotopic (exact) mass is 429 g/mol. The van der Waals surface area contributed by atoms with Gasteiger partial charge in [0.05, 0.1) is 13.2 Å². The second kappa shape index (κ2) is 13.0. The van der Waals surface area contributed by atoms with E-state index in [4.69, 9.17) is 4.74 Å². The molecule has 174 valence electrons. The van der Waals surface area contributed by atoms with Gasteiger partial charge < -0.3 is 15.4 Å². The third kappa shape index (κ3) is 7.48. The summed E-state index contributed by atoms with van der Waals surface area (Å²) in [5.41, 5.74) is 1.40. The Morgan fingerprint density at radius 3 is 2.35 bits per heavy atom. The lowest BCUT2D eigenvalue weighted by Gasteiger charge is -2.39. The first-order valence-electron chi connectivity index (χ1n) is 12.3. The molecule has 2 fully saturated rings. The molecule has 0 radical (unpaired) electrons. The van der Waals surface area contributed by atoms with E-state index in [1.165, 1.54) is 18.4 Å². The fourth-order valence-corrected chi connectivity index (χ4v) is 5.00. The molecule has 0 saturated carbocycles. The minimum absolute atomic E-state index is 0.494. The van der Waals surface area contributed by atoms with Crippen molar-refractivity contribution in [3.05, 3.63) is 35.9 Å². The van der Waals surface area contributed by atoms with Crippen LogP contribution in [0.4, 0.5) is 0 Å². The number of benzene rings is 1. The number of morpholine rings is 1. The number of nitrogens with zero attached hydrogens (tertiary/aromatic N) is 3. The molecule has 1 aromatic carbocycles. The van der Waals surface area contributed by atoms with Gasteiger partial charge in [-0.2, -0.15) is 0 Å². The van der Waals surface area contributed by atoms with Crippen LogP contribution in [0.3, 0.4) is 0 Å². The van der Waals surface area contributed by atoms with Crippen molar-refractivity contribution in [2.24, 2.45) is 10.9 Å². The van der Waals surface area contributed by atoms with Crippen LogP contribution in [0.5, 0.6) is 0 Å². The van der Waals surface area contributed by atoms with Gasteiger partial charge in [-0.15, -0.1) is 0 Å². The summed E-state index contributed by atoms with van der Waals surface area (Å²) in [5, 5.41) is 7.35. The first kappa shape index (κ1) is 24.0. The topological polar surface area (TPSA) is 52.1 Å². The summed E-state index contributed by atoms with van der Waals surface area (Å²) in [5.74, 6) is 1.65. The molecule has 1 unspecified atom stereocenters. The van der Waals surface area contributed by atoms with Crippen LogP contribution in [-0.2, 0) is 11.3 Å². The number of hydrogen-bond donors (Lipinski definition) is 2. The van der Waals surface area contributed by atoms with Crippen LogP contribution < -0.4 is 10.6 Å². The van der Waals surface area contributed by atoms with Crippen molar-refractivity contribution in [2.75, 3.05) is 53.0 Å². The summed E-state index contributed by atoms with van der Waals surface area (Å²) in [6, 6.07) is 11.8. The van der Waals surface area contributed by atoms with Crippen LogP contribution in [0.2, 0.25) is 0 Å². The Balaban J connectivity index is 1.46. The highest BCUT2D eigenvalue weighted by atomic mass is 16.5. The zero-order chi connectivity index (χ0) is 21.9. The number of likely N-dealkylation sites (tertiary alicyclic amines) is 1. The quantitative estimate of drug-likeness (QED) is 0.467. The zero-order valence-corrected chi connectivity index (χ0v) is 19.9. The Bertz CT molecular complexity index is 635. The highest BCUT2D eigenvalue weighted by molar-refractivity contribution is 5.80. The fraction of sp³-hybridized carbons (Fsp3) is 0.720. The molecule has 0 bridgehead atoms. The van der Waals surface area contributed by atoms with Crippen LogP contribution in [0.25, 0.3) is 0 Å². The summed E-state index contributed by atoms with van der Waals surface area (Å²) in [6.45, 7) is 12.7. The molecule has 0 aromatic heterocycles. The minimum Gasteiger partial charge on any atom is -0.379 e. The predicted octanol–water partition coefficient (Wildman–Crippen LogP) is 2.95. The summed E-state index contributed by atoms with van der Waals surface area (Å²) in [6.07, 6.45) is 4.75. The summed E-state index contributed by atoms with van der Waals surface area (Å²) in [4.78, 5) is 9.71. The fourth-order valence-electron chi connectivity index (χ4n) is 5.00. The van der Waals surface area contributed by atoms with Crippen molar-refractivity contribution in [1.82, 2.24) is 20.4 Å². The lowest BCUT2D eigenvalue weighted by molar-refractivity contribution is 0.00270. The molecule has 0 amide bonds. The second-order valence-corrected chi connectivity index (χ2v) is 8.93. The van der Waals surface area contributed by atoms with Gasteiger partial charge in [0.1, 0.15) is 0 Å². The van der Waals surface area contributed by atoms with Gasteiger partial charge in [-0.25, -0.2) is 0 Å². The van der Waals surface area contributed by atoms with Crippen molar-refractivity contribution in [3.8, 4) is 0 Å². The van der Waals surface area contributed by atoms with Crippen molar-refractivity contribution in [2.45, 2.75) is 58.2 Å². The molecule has 0 aliphatic carbocycles. The molecule has 6 heteroatoms. The van der Waals surface area contributed by atoms with Crippen LogP contribution in [-0.4, -0.2) is 80.8 Å². The van der Waals surface area contributed by atoms with Gasteiger partial charge in [-0.1, -0.05) is 57.0 Å². The summed E-state index contributed by atoms with van der Waals surface area (Å²) in [7, 11) is 1.89. The van der Waals surface area contributed by atoms with Gasteiger partial charge in [-0.3, -0.25) is 14.8 Å². The maximum atomic E-state index is 5.59. The molecule has 1 atom stereocenters. The van der Waals surface area contributed by atoms with Gasteiger partial charge in [0.2, 0.25) is 0 Å². The average molecular weight is 430 g/mol. The highest BCUT2D eigenvalue weighted by Crippen LogP contribution is 2.20. The van der Waals surface area contributed by atoms with Crippen LogP contribution in [0.1, 0.15) is 45.1 Å². The number of ether oxygens (including phenoxy) is 1. The molecular formula is C25H43N5O. The average Bonchev–Trinajstić information content (AvgIpc) is 2.83. The molecule has 6 nitrogen and oxygen atoms in total. The van der Waals surface area contributed by atoms with E-state index in [1.54, 1.807) is 0 Å². The first-order valence-corrected chi connectivity index (χ1v) is 12.3. The van der Waals surface area contributed by atoms with E-state index in [2.05, 4.69) is 69.6 Å². The highest BCUT2D eigenvalue weighted by Gasteiger charge is 2.27. The molecule has 0 spiro atoms.